The highest BCUT2D eigenvalue weighted by Gasteiger charge is 2.61. The molecule has 1 nitrogen and oxygen atoms in total. The smallest absolute Gasteiger partial charge is 0.0873 e. The minimum Gasteiger partial charge on any atom is -0.502 e. The maximum Gasteiger partial charge on any atom is 0.0873 e. The Hall–Kier alpha value is -0.460. The molecular weight excluding hydrogens is 232 g/mol. The van der Waals surface area contributed by atoms with Crippen molar-refractivity contribution in [1.82, 2.24) is 0 Å². The van der Waals surface area contributed by atoms with Gasteiger partial charge in [-0.15, -0.1) is 0 Å². The average molecular weight is 260 g/mol. The second-order valence-corrected chi connectivity index (χ2v) is 7.68. The van der Waals surface area contributed by atoms with E-state index in [-0.39, 0.29) is 0 Å². The van der Waals surface area contributed by atoms with Crippen LogP contribution in [0.1, 0.15) is 51.4 Å². The fourth-order valence-electron chi connectivity index (χ4n) is 6.71. The number of fused-ring (bicyclic) bond motifs is 9. The van der Waals surface area contributed by atoms with E-state index in [4.69, 9.17) is 4.74 Å². The maximum absolute atomic E-state index is 5.23. The van der Waals surface area contributed by atoms with Crippen molar-refractivity contribution in [2.24, 2.45) is 41.4 Å². The molecule has 4 rings (SSSR count). The van der Waals surface area contributed by atoms with Crippen molar-refractivity contribution >= 4 is 0 Å². The number of unbranched alkanes of at least 4 members (excludes halogenated alkanes) is 1. The minimum atomic E-state index is 0.876. The summed E-state index contributed by atoms with van der Waals surface area (Å²) in [6, 6.07) is 0. The van der Waals surface area contributed by atoms with Crippen LogP contribution in [0.2, 0.25) is 0 Å². The van der Waals surface area contributed by atoms with Crippen LogP contribution < -0.4 is 0 Å². The van der Waals surface area contributed by atoms with Crippen LogP contribution in [0.5, 0.6) is 0 Å². The third-order valence-electron chi connectivity index (χ3n) is 7.08. The van der Waals surface area contributed by atoms with Gasteiger partial charge in [-0.05, 0) is 86.4 Å². The Bertz CT molecular complexity index is 350. The molecule has 0 aromatic rings. The van der Waals surface area contributed by atoms with Crippen molar-refractivity contribution < 1.29 is 4.74 Å². The van der Waals surface area contributed by atoms with Gasteiger partial charge in [0, 0.05) is 0 Å². The van der Waals surface area contributed by atoms with Gasteiger partial charge in [0.15, 0.2) is 0 Å². The summed E-state index contributed by atoms with van der Waals surface area (Å²) in [6.45, 7) is 4.48. The summed E-state index contributed by atoms with van der Waals surface area (Å²) >= 11 is 0. The molecule has 0 heterocycles. The molecule has 4 aliphatic carbocycles. The molecule has 4 saturated carbocycles. The largest absolute Gasteiger partial charge is 0.502 e. The molecule has 0 saturated heterocycles. The summed E-state index contributed by atoms with van der Waals surface area (Å²) in [7, 11) is 0. The highest BCUT2D eigenvalue weighted by Crippen LogP contribution is 2.69. The standard InChI is InChI=1S/C18H28O/c1-2-19-8-4-3-5-12-9-15-11-16(12)18-14-7-6-13(10-14)17(15)18/h2,12-18H,1,3-11H2. The maximum atomic E-state index is 5.23. The molecule has 0 aromatic heterocycles. The lowest BCUT2D eigenvalue weighted by Gasteiger charge is -2.38. The van der Waals surface area contributed by atoms with Gasteiger partial charge < -0.3 is 4.74 Å². The summed E-state index contributed by atoms with van der Waals surface area (Å²) < 4.78 is 5.23. The van der Waals surface area contributed by atoms with E-state index in [0.29, 0.717) is 0 Å². The monoisotopic (exact) mass is 260 g/mol. The third kappa shape index (κ3) is 1.87. The lowest BCUT2D eigenvalue weighted by atomic mass is 9.66. The summed E-state index contributed by atoms with van der Waals surface area (Å²) in [5.41, 5.74) is 0. The van der Waals surface area contributed by atoms with Gasteiger partial charge in [-0.2, -0.15) is 0 Å². The third-order valence-corrected chi connectivity index (χ3v) is 7.08. The zero-order chi connectivity index (χ0) is 12.8. The molecule has 0 aromatic carbocycles. The van der Waals surface area contributed by atoms with E-state index in [0.717, 1.165) is 36.2 Å². The van der Waals surface area contributed by atoms with Crippen molar-refractivity contribution in [2.75, 3.05) is 6.61 Å². The average Bonchev–Trinajstić information content (AvgIpc) is 3.16. The van der Waals surface area contributed by atoms with Gasteiger partial charge >= 0.3 is 0 Å². The lowest BCUT2D eigenvalue weighted by molar-refractivity contribution is 0.0986. The van der Waals surface area contributed by atoms with E-state index in [1.165, 1.54) is 31.1 Å². The second-order valence-electron chi connectivity index (χ2n) is 7.68. The molecule has 0 radical (unpaired) electrons. The Morgan fingerprint density at radius 2 is 1.79 bits per heavy atom. The number of hydrogen-bond donors (Lipinski definition) is 0. The predicted octanol–water partition coefficient (Wildman–Crippen LogP) is 4.64. The molecule has 106 valence electrons. The SMILES string of the molecule is C=COCCCCC1CC2CC1C1C3CCC(C3)C21. The molecule has 4 bridgehead atoms. The first-order valence-corrected chi connectivity index (χ1v) is 8.61. The first kappa shape index (κ1) is 12.3. The van der Waals surface area contributed by atoms with E-state index >= 15 is 0 Å². The number of hydrogen-bond acceptors (Lipinski definition) is 1. The molecule has 0 N–H and O–H groups in total. The van der Waals surface area contributed by atoms with E-state index < -0.39 is 0 Å². The van der Waals surface area contributed by atoms with Crippen LogP contribution in [0.3, 0.4) is 0 Å². The van der Waals surface area contributed by atoms with Crippen molar-refractivity contribution in [1.29, 1.82) is 0 Å². The van der Waals surface area contributed by atoms with Gasteiger partial charge in [0.1, 0.15) is 0 Å². The highest BCUT2D eigenvalue weighted by atomic mass is 16.5. The zero-order valence-corrected chi connectivity index (χ0v) is 12.1. The van der Waals surface area contributed by atoms with Gasteiger partial charge in [-0.1, -0.05) is 13.0 Å². The van der Waals surface area contributed by atoms with Crippen molar-refractivity contribution in [3.63, 3.8) is 0 Å². The number of ether oxygens (including phenoxy) is 1. The van der Waals surface area contributed by atoms with Crippen LogP contribution in [0.25, 0.3) is 0 Å². The van der Waals surface area contributed by atoms with Crippen LogP contribution in [0.4, 0.5) is 0 Å². The first-order valence-electron chi connectivity index (χ1n) is 8.61. The van der Waals surface area contributed by atoms with Crippen molar-refractivity contribution in [3.8, 4) is 0 Å². The molecule has 4 aliphatic rings. The Labute approximate surface area is 117 Å². The quantitative estimate of drug-likeness (QED) is 0.384. The topological polar surface area (TPSA) is 9.23 Å². The van der Waals surface area contributed by atoms with Crippen LogP contribution in [0, 0.1) is 41.4 Å². The van der Waals surface area contributed by atoms with Gasteiger partial charge in [0.05, 0.1) is 12.9 Å². The number of rotatable bonds is 6. The highest BCUT2D eigenvalue weighted by molar-refractivity contribution is 5.10. The predicted molar refractivity (Wildman–Crippen MR) is 77.5 cm³/mol. The summed E-state index contributed by atoms with van der Waals surface area (Å²) in [4.78, 5) is 0. The van der Waals surface area contributed by atoms with E-state index in [1.807, 2.05) is 0 Å². The van der Waals surface area contributed by atoms with Crippen molar-refractivity contribution in [3.05, 3.63) is 12.8 Å². The first-order chi connectivity index (χ1) is 9.38. The molecule has 0 amide bonds. The van der Waals surface area contributed by atoms with Gasteiger partial charge in [-0.25, -0.2) is 0 Å². The molecule has 1 heteroatoms. The molecule has 19 heavy (non-hydrogen) atoms. The molecule has 7 atom stereocenters. The van der Waals surface area contributed by atoms with Crippen LogP contribution in [-0.2, 0) is 4.74 Å². The molecule has 0 aliphatic heterocycles. The van der Waals surface area contributed by atoms with Gasteiger partial charge in [0.25, 0.3) is 0 Å². The Morgan fingerprint density at radius 1 is 0.947 bits per heavy atom. The molecule has 4 fully saturated rings. The summed E-state index contributed by atoms with van der Waals surface area (Å²) in [5, 5.41) is 0. The van der Waals surface area contributed by atoms with Gasteiger partial charge in [0.2, 0.25) is 0 Å². The van der Waals surface area contributed by atoms with Crippen LogP contribution >= 0.6 is 0 Å². The molecule has 7 unspecified atom stereocenters. The zero-order valence-electron chi connectivity index (χ0n) is 12.1. The van der Waals surface area contributed by atoms with E-state index in [9.17, 15) is 0 Å². The lowest BCUT2D eigenvalue weighted by Crippen LogP contribution is -2.32. The Morgan fingerprint density at radius 3 is 2.63 bits per heavy atom. The van der Waals surface area contributed by atoms with Crippen LogP contribution in [-0.4, -0.2) is 6.61 Å². The molecule has 0 spiro atoms. The van der Waals surface area contributed by atoms with Crippen LogP contribution in [0.15, 0.2) is 12.8 Å². The fourth-order valence-corrected chi connectivity index (χ4v) is 6.71. The minimum absolute atomic E-state index is 0.876. The summed E-state index contributed by atoms with van der Waals surface area (Å²) in [5.74, 6) is 8.01. The van der Waals surface area contributed by atoms with E-state index in [1.54, 1.807) is 38.4 Å². The van der Waals surface area contributed by atoms with Crippen molar-refractivity contribution in [2.45, 2.75) is 51.4 Å². The second kappa shape index (κ2) is 4.82. The normalized spacial score (nSPS) is 49.6. The Balaban J connectivity index is 1.31. The fraction of sp³-hybridized carbons (Fsp3) is 0.889. The summed E-state index contributed by atoms with van der Waals surface area (Å²) in [6.07, 6.45) is 13.6. The molecular formula is C18H28O. The van der Waals surface area contributed by atoms with E-state index in [2.05, 4.69) is 6.58 Å². The van der Waals surface area contributed by atoms with Gasteiger partial charge in [-0.3, -0.25) is 0 Å². The Kier molecular flexibility index (Phi) is 3.12.